The van der Waals surface area contributed by atoms with Crippen LogP contribution in [0.25, 0.3) is 5.69 Å². The zero-order chi connectivity index (χ0) is 24.2. The lowest BCUT2D eigenvalue weighted by atomic mass is 10.0. The fourth-order valence-corrected chi connectivity index (χ4v) is 4.32. The van der Waals surface area contributed by atoms with Crippen LogP contribution in [0.1, 0.15) is 45.9 Å². The van der Waals surface area contributed by atoms with Crippen LogP contribution >= 0.6 is 0 Å². The van der Waals surface area contributed by atoms with Gasteiger partial charge in [-0.05, 0) is 39.3 Å². The van der Waals surface area contributed by atoms with E-state index in [1.165, 1.54) is 0 Å². The molecule has 0 radical (unpaired) electrons. The van der Waals surface area contributed by atoms with Crippen LogP contribution in [0, 0.1) is 6.92 Å². The fourth-order valence-electron chi connectivity index (χ4n) is 4.32. The van der Waals surface area contributed by atoms with Crippen molar-refractivity contribution >= 4 is 29.0 Å². The first-order valence-electron chi connectivity index (χ1n) is 11.8. The molecule has 3 aromatic rings. The molecule has 0 bridgehead atoms. The average Bonchev–Trinajstić information content (AvgIpc) is 3.28. The number of aromatic nitrogens is 5. The second kappa shape index (κ2) is 10.1. The van der Waals surface area contributed by atoms with Crippen molar-refractivity contribution in [3.8, 4) is 11.4 Å². The monoisotopic (exact) mass is 464 g/mol. The van der Waals surface area contributed by atoms with Crippen LogP contribution in [0.5, 0.6) is 5.75 Å². The van der Waals surface area contributed by atoms with Crippen LogP contribution in [0.3, 0.4) is 0 Å². The summed E-state index contributed by atoms with van der Waals surface area (Å²) in [7, 11) is 1.62. The molecule has 34 heavy (non-hydrogen) atoms. The number of rotatable bonds is 9. The fraction of sp³-hybridized carbons (Fsp3) is 0.458. The molecule has 1 aliphatic heterocycles. The maximum Gasteiger partial charge on any atom is 0.249 e. The van der Waals surface area contributed by atoms with E-state index < -0.39 is 0 Å². The molecule has 10 heteroatoms. The number of nitrogens with zero attached hydrogens (tertiary/aromatic N) is 7. The molecule has 1 N–H and O–H groups in total. The Labute approximate surface area is 200 Å². The third-order valence-corrected chi connectivity index (χ3v) is 6.02. The summed E-state index contributed by atoms with van der Waals surface area (Å²) >= 11 is 0. The molecule has 0 saturated carbocycles. The summed E-state index contributed by atoms with van der Waals surface area (Å²) in [5, 5.41) is 7.64. The van der Waals surface area contributed by atoms with Gasteiger partial charge in [-0.1, -0.05) is 19.8 Å². The summed E-state index contributed by atoms with van der Waals surface area (Å²) in [5.41, 5.74) is 2.32. The molecule has 3 heterocycles. The number of hydrogen-bond donors (Lipinski definition) is 1. The number of anilines is 4. The second-order valence-electron chi connectivity index (χ2n) is 8.18. The van der Waals surface area contributed by atoms with Crippen molar-refractivity contribution < 1.29 is 9.53 Å². The summed E-state index contributed by atoms with van der Waals surface area (Å²) in [4.78, 5) is 30.6. The van der Waals surface area contributed by atoms with E-state index in [0.717, 1.165) is 42.1 Å². The summed E-state index contributed by atoms with van der Waals surface area (Å²) in [6, 6.07) is 5.50. The maximum absolute atomic E-state index is 13.2. The van der Waals surface area contributed by atoms with Crippen LogP contribution in [0.2, 0.25) is 0 Å². The zero-order valence-corrected chi connectivity index (χ0v) is 20.4. The van der Waals surface area contributed by atoms with Gasteiger partial charge in [0.05, 0.1) is 13.3 Å². The highest BCUT2D eigenvalue weighted by molar-refractivity contribution is 6.04. The van der Waals surface area contributed by atoms with Crippen molar-refractivity contribution in [2.75, 3.05) is 35.3 Å². The van der Waals surface area contributed by atoms with Crippen molar-refractivity contribution in [2.24, 2.45) is 0 Å². The molecule has 1 aromatic carbocycles. The van der Waals surface area contributed by atoms with E-state index in [2.05, 4.69) is 39.1 Å². The molecule has 1 aliphatic rings. The van der Waals surface area contributed by atoms with Crippen LogP contribution in [0.4, 0.5) is 23.1 Å². The van der Waals surface area contributed by atoms with Crippen molar-refractivity contribution in [3.05, 3.63) is 36.5 Å². The molecule has 0 aliphatic carbocycles. The highest BCUT2D eigenvalue weighted by Crippen LogP contribution is 2.36. The molecule has 10 nitrogen and oxygen atoms in total. The lowest BCUT2D eigenvalue weighted by molar-refractivity contribution is -0.120. The number of hydrogen-bond acceptors (Lipinski definition) is 8. The number of benzene rings is 1. The normalized spacial score (nSPS) is 15.4. The molecule has 0 saturated heterocycles. The Kier molecular flexibility index (Phi) is 6.95. The highest BCUT2D eigenvalue weighted by atomic mass is 16.5. The van der Waals surface area contributed by atoms with Crippen LogP contribution in [-0.2, 0) is 4.79 Å². The lowest BCUT2D eigenvalue weighted by Gasteiger charge is -2.41. The van der Waals surface area contributed by atoms with Gasteiger partial charge in [-0.3, -0.25) is 4.79 Å². The summed E-state index contributed by atoms with van der Waals surface area (Å²) in [6.07, 6.45) is 6.24. The molecule has 1 unspecified atom stereocenters. The Morgan fingerprint density at radius 1 is 1.12 bits per heavy atom. The van der Waals surface area contributed by atoms with Gasteiger partial charge >= 0.3 is 0 Å². The van der Waals surface area contributed by atoms with E-state index in [-0.39, 0.29) is 11.9 Å². The van der Waals surface area contributed by atoms with Gasteiger partial charge in [-0.15, -0.1) is 0 Å². The first-order valence-corrected chi connectivity index (χ1v) is 11.8. The van der Waals surface area contributed by atoms with Gasteiger partial charge in [0, 0.05) is 24.8 Å². The first kappa shape index (κ1) is 23.5. The molecular weight excluding hydrogens is 432 g/mol. The predicted molar refractivity (Wildman–Crippen MR) is 132 cm³/mol. The maximum atomic E-state index is 13.2. The standard InChI is InChI=1S/C24H32N8O2/c1-6-9-10-19-23(33)31(8-3)20-14-25-24(28-22(20)30(19)7-2)27-17-11-12-18(21(13-17)34-5)32-15-26-16(4)29-32/h11-15,19H,6-10H2,1-5H3,(H,25,27,28). The van der Waals surface area contributed by atoms with Gasteiger partial charge in [0.25, 0.3) is 0 Å². The SMILES string of the molecule is CCCCC1C(=O)N(CC)c2cnc(Nc3ccc(-n4cnc(C)n4)c(OC)c3)nc2N1CC. The first-order chi connectivity index (χ1) is 16.5. The topological polar surface area (TPSA) is 101 Å². The third-order valence-electron chi connectivity index (χ3n) is 6.02. The number of carbonyl (C=O) groups excluding carboxylic acids is 1. The van der Waals surface area contributed by atoms with Crippen LogP contribution in [-0.4, -0.2) is 56.9 Å². The third kappa shape index (κ3) is 4.40. The Morgan fingerprint density at radius 2 is 1.94 bits per heavy atom. The number of unbranched alkanes of at least 4 members (excludes halogenated alkanes) is 1. The average molecular weight is 465 g/mol. The smallest absolute Gasteiger partial charge is 0.249 e. The second-order valence-corrected chi connectivity index (χ2v) is 8.18. The molecule has 4 rings (SSSR count). The molecular formula is C24H32N8O2. The van der Waals surface area contributed by atoms with E-state index in [0.29, 0.717) is 30.6 Å². The van der Waals surface area contributed by atoms with E-state index in [1.807, 2.05) is 32.0 Å². The van der Waals surface area contributed by atoms with E-state index >= 15 is 0 Å². The van der Waals surface area contributed by atoms with E-state index in [9.17, 15) is 4.79 Å². The predicted octanol–water partition coefficient (Wildman–Crippen LogP) is 3.87. The summed E-state index contributed by atoms with van der Waals surface area (Å²) in [5.74, 6) is 2.69. The van der Waals surface area contributed by atoms with E-state index in [1.54, 1.807) is 29.2 Å². The molecule has 1 amide bonds. The summed E-state index contributed by atoms with van der Waals surface area (Å²) in [6.45, 7) is 9.30. The van der Waals surface area contributed by atoms with Crippen LogP contribution in [0.15, 0.2) is 30.7 Å². The van der Waals surface area contributed by atoms with Crippen molar-refractivity contribution in [1.82, 2.24) is 24.7 Å². The lowest BCUT2D eigenvalue weighted by Crippen LogP contribution is -2.54. The van der Waals surface area contributed by atoms with Gasteiger partial charge in [0.15, 0.2) is 5.82 Å². The van der Waals surface area contributed by atoms with Crippen molar-refractivity contribution in [1.29, 1.82) is 0 Å². The molecule has 180 valence electrons. The van der Waals surface area contributed by atoms with Gasteiger partial charge in [-0.25, -0.2) is 14.6 Å². The number of likely N-dealkylation sites (N-methyl/N-ethyl adjacent to an activating group) is 2. The number of amides is 1. The van der Waals surface area contributed by atoms with E-state index in [4.69, 9.17) is 9.72 Å². The van der Waals surface area contributed by atoms with Gasteiger partial charge < -0.3 is 19.9 Å². The molecule has 0 fully saturated rings. The van der Waals surface area contributed by atoms with Gasteiger partial charge in [-0.2, -0.15) is 10.1 Å². The number of nitrogens with one attached hydrogen (secondary N) is 1. The molecule has 2 aromatic heterocycles. The minimum absolute atomic E-state index is 0.123. The van der Waals surface area contributed by atoms with Crippen molar-refractivity contribution in [2.45, 2.75) is 53.0 Å². The quantitative estimate of drug-likeness (QED) is 0.509. The van der Waals surface area contributed by atoms with Gasteiger partial charge in [0.1, 0.15) is 35.3 Å². The molecule has 0 spiro atoms. The Morgan fingerprint density at radius 3 is 2.59 bits per heavy atom. The Balaban J connectivity index is 1.65. The van der Waals surface area contributed by atoms with Crippen molar-refractivity contribution in [3.63, 3.8) is 0 Å². The number of aryl methyl sites for hydroxylation is 1. The molecule has 1 atom stereocenters. The number of ether oxygens (including phenoxy) is 1. The zero-order valence-electron chi connectivity index (χ0n) is 20.4. The highest BCUT2D eigenvalue weighted by Gasteiger charge is 2.37. The summed E-state index contributed by atoms with van der Waals surface area (Å²) < 4.78 is 7.26. The minimum atomic E-state index is -0.203. The minimum Gasteiger partial charge on any atom is -0.494 e. The largest absolute Gasteiger partial charge is 0.494 e. The van der Waals surface area contributed by atoms with Crippen LogP contribution < -0.4 is 19.9 Å². The number of fused-ring (bicyclic) bond motifs is 1. The Bertz CT molecular complexity index is 1160. The number of methoxy groups -OCH3 is 1. The van der Waals surface area contributed by atoms with Gasteiger partial charge in [0.2, 0.25) is 11.9 Å². The number of carbonyl (C=O) groups is 1. The Hall–Kier alpha value is -3.69.